The van der Waals surface area contributed by atoms with Gasteiger partial charge in [-0.25, -0.2) is 4.98 Å². The molecule has 0 saturated heterocycles. The molecule has 18 heavy (non-hydrogen) atoms. The van der Waals surface area contributed by atoms with Gasteiger partial charge in [-0.3, -0.25) is 0 Å². The molecule has 1 rings (SSSR count). The molecular formula is C14H22N2OS. The number of aromatic nitrogens is 1. The van der Waals surface area contributed by atoms with Crippen LogP contribution in [-0.4, -0.2) is 16.6 Å². The number of hydrogen-bond acceptors (Lipinski definition) is 3. The van der Waals surface area contributed by atoms with Crippen molar-refractivity contribution in [1.82, 2.24) is 4.98 Å². The van der Waals surface area contributed by atoms with Gasteiger partial charge in [-0.2, -0.15) is 0 Å². The monoisotopic (exact) mass is 266 g/mol. The standard InChI is InChI=1S/C14H22N2OS/c1-2-3-4-5-6-7-10-17-13-11-12(14(15)18)8-9-16-13/h8-9,11H,2-7,10H2,1H3,(H2,15,18). The van der Waals surface area contributed by atoms with E-state index in [1.54, 1.807) is 18.3 Å². The Morgan fingerprint density at radius 3 is 2.72 bits per heavy atom. The summed E-state index contributed by atoms with van der Waals surface area (Å²) >= 11 is 4.91. The topological polar surface area (TPSA) is 48.1 Å². The highest BCUT2D eigenvalue weighted by Crippen LogP contribution is 2.11. The van der Waals surface area contributed by atoms with E-state index in [0.29, 0.717) is 17.5 Å². The molecule has 0 atom stereocenters. The van der Waals surface area contributed by atoms with Crippen LogP contribution in [-0.2, 0) is 0 Å². The Balaban J connectivity index is 2.19. The molecule has 4 heteroatoms. The molecule has 100 valence electrons. The smallest absolute Gasteiger partial charge is 0.213 e. The van der Waals surface area contributed by atoms with Crippen LogP contribution in [0, 0.1) is 0 Å². The Labute approximate surface area is 115 Å². The molecule has 1 aromatic heterocycles. The minimum Gasteiger partial charge on any atom is -0.478 e. The van der Waals surface area contributed by atoms with E-state index in [9.17, 15) is 0 Å². The third-order valence-electron chi connectivity index (χ3n) is 2.77. The zero-order valence-electron chi connectivity index (χ0n) is 11.0. The van der Waals surface area contributed by atoms with Crippen LogP contribution in [0.5, 0.6) is 5.88 Å². The number of pyridine rings is 1. The predicted molar refractivity (Wildman–Crippen MR) is 79.0 cm³/mol. The van der Waals surface area contributed by atoms with E-state index in [1.807, 2.05) is 0 Å². The van der Waals surface area contributed by atoms with E-state index in [-0.39, 0.29) is 0 Å². The fourth-order valence-electron chi connectivity index (χ4n) is 1.70. The summed E-state index contributed by atoms with van der Waals surface area (Å²) in [5.74, 6) is 0.605. The highest BCUT2D eigenvalue weighted by Gasteiger charge is 2.00. The first-order valence-corrected chi connectivity index (χ1v) is 7.03. The van der Waals surface area contributed by atoms with Gasteiger partial charge < -0.3 is 10.5 Å². The molecule has 0 radical (unpaired) electrons. The lowest BCUT2D eigenvalue weighted by Gasteiger charge is -2.06. The van der Waals surface area contributed by atoms with Crippen LogP contribution in [0.2, 0.25) is 0 Å². The van der Waals surface area contributed by atoms with Crippen LogP contribution < -0.4 is 10.5 Å². The summed E-state index contributed by atoms with van der Waals surface area (Å²) < 4.78 is 5.58. The van der Waals surface area contributed by atoms with Gasteiger partial charge in [0.05, 0.1) is 6.61 Å². The maximum Gasteiger partial charge on any atom is 0.213 e. The number of thiocarbonyl (C=S) groups is 1. The van der Waals surface area contributed by atoms with Crippen LogP contribution >= 0.6 is 12.2 Å². The highest BCUT2D eigenvalue weighted by molar-refractivity contribution is 7.80. The minimum atomic E-state index is 0.377. The lowest BCUT2D eigenvalue weighted by Crippen LogP contribution is -2.10. The molecule has 1 heterocycles. The van der Waals surface area contributed by atoms with Gasteiger partial charge in [-0.1, -0.05) is 51.2 Å². The molecule has 0 bridgehead atoms. The van der Waals surface area contributed by atoms with Gasteiger partial charge >= 0.3 is 0 Å². The molecule has 0 aliphatic carbocycles. The lowest BCUT2D eigenvalue weighted by atomic mass is 10.1. The first-order chi connectivity index (χ1) is 8.74. The lowest BCUT2D eigenvalue weighted by molar-refractivity contribution is 0.293. The maximum atomic E-state index is 5.58. The predicted octanol–water partition coefficient (Wildman–Crippen LogP) is 3.46. The molecule has 0 aromatic carbocycles. The van der Waals surface area contributed by atoms with E-state index in [2.05, 4.69) is 11.9 Å². The molecule has 0 aliphatic heterocycles. The molecule has 2 N–H and O–H groups in total. The Kier molecular flexibility index (Phi) is 7.34. The molecule has 0 amide bonds. The van der Waals surface area contributed by atoms with Crippen LogP contribution in [0.1, 0.15) is 51.0 Å². The van der Waals surface area contributed by atoms with Crippen molar-refractivity contribution in [2.24, 2.45) is 5.73 Å². The second-order valence-corrected chi connectivity index (χ2v) is 4.80. The van der Waals surface area contributed by atoms with Crippen LogP contribution in [0.4, 0.5) is 0 Å². The fourth-order valence-corrected chi connectivity index (χ4v) is 1.83. The summed E-state index contributed by atoms with van der Waals surface area (Å²) in [7, 11) is 0. The van der Waals surface area contributed by atoms with Crippen LogP contribution in [0.3, 0.4) is 0 Å². The summed E-state index contributed by atoms with van der Waals surface area (Å²) in [6, 6.07) is 3.58. The number of nitrogens with zero attached hydrogens (tertiary/aromatic N) is 1. The minimum absolute atomic E-state index is 0.377. The van der Waals surface area contributed by atoms with Gasteiger partial charge in [0.1, 0.15) is 4.99 Å². The molecule has 0 fully saturated rings. The summed E-state index contributed by atoms with van der Waals surface area (Å²) in [6.45, 7) is 2.93. The third-order valence-corrected chi connectivity index (χ3v) is 3.00. The quantitative estimate of drug-likeness (QED) is 0.549. The highest BCUT2D eigenvalue weighted by atomic mass is 32.1. The van der Waals surface area contributed by atoms with Gasteiger partial charge in [0.25, 0.3) is 0 Å². The Bertz CT molecular complexity index is 369. The normalized spacial score (nSPS) is 10.3. The molecule has 1 aromatic rings. The molecule has 0 saturated carbocycles. The van der Waals surface area contributed by atoms with Crippen molar-refractivity contribution in [3.63, 3.8) is 0 Å². The zero-order chi connectivity index (χ0) is 13.2. The van der Waals surface area contributed by atoms with E-state index in [4.69, 9.17) is 22.7 Å². The summed E-state index contributed by atoms with van der Waals surface area (Å²) in [6.07, 6.45) is 9.19. The molecule has 0 unspecified atom stereocenters. The van der Waals surface area contributed by atoms with E-state index in [0.717, 1.165) is 12.0 Å². The molecule has 0 aliphatic rings. The van der Waals surface area contributed by atoms with Crippen molar-refractivity contribution in [3.8, 4) is 5.88 Å². The van der Waals surface area contributed by atoms with E-state index >= 15 is 0 Å². The SMILES string of the molecule is CCCCCCCCOc1cc(C(N)=S)ccn1. The van der Waals surface area contributed by atoms with Gasteiger partial charge in [0.2, 0.25) is 5.88 Å². The second-order valence-electron chi connectivity index (χ2n) is 4.36. The average Bonchev–Trinajstić information content (AvgIpc) is 2.38. The van der Waals surface area contributed by atoms with E-state index < -0.39 is 0 Å². The number of ether oxygens (including phenoxy) is 1. The van der Waals surface area contributed by atoms with Gasteiger partial charge in [0.15, 0.2) is 0 Å². The van der Waals surface area contributed by atoms with Gasteiger partial charge in [-0.15, -0.1) is 0 Å². The zero-order valence-corrected chi connectivity index (χ0v) is 11.8. The largest absolute Gasteiger partial charge is 0.478 e. The number of rotatable bonds is 9. The van der Waals surface area contributed by atoms with Crippen molar-refractivity contribution in [1.29, 1.82) is 0 Å². The van der Waals surface area contributed by atoms with Crippen molar-refractivity contribution in [3.05, 3.63) is 23.9 Å². The van der Waals surface area contributed by atoms with E-state index in [1.165, 1.54) is 32.1 Å². The summed E-state index contributed by atoms with van der Waals surface area (Å²) in [5, 5.41) is 0. The Morgan fingerprint density at radius 1 is 1.28 bits per heavy atom. The Morgan fingerprint density at radius 2 is 2.00 bits per heavy atom. The second kappa shape index (κ2) is 8.86. The van der Waals surface area contributed by atoms with Crippen molar-refractivity contribution in [2.75, 3.05) is 6.61 Å². The number of nitrogens with two attached hydrogens (primary N) is 1. The molecule has 3 nitrogen and oxygen atoms in total. The first-order valence-electron chi connectivity index (χ1n) is 6.62. The Hall–Kier alpha value is -1.16. The third kappa shape index (κ3) is 5.96. The first kappa shape index (κ1) is 14.9. The average molecular weight is 266 g/mol. The fraction of sp³-hybridized carbons (Fsp3) is 0.571. The van der Waals surface area contributed by atoms with Gasteiger partial charge in [0, 0.05) is 17.8 Å². The van der Waals surface area contributed by atoms with Gasteiger partial charge in [-0.05, 0) is 12.5 Å². The summed E-state index contributed by atoms with van der Waals surface area (Å²) in [4.78, 5) is 4.51. The molecular weight excluding hydrogens is 244 g/mol. The number of hydrogen-bond donors (Lipinski definition) is 1. The van der Waals surface area contributed by atoms with Crippen molar-refractivity contribution >= 4 is 17.2 Å². The summed E-state index contributed by atoms with van der Waals surface area (Å²) in [5.41, 5.74) is 6.36. The maximum absolute atomic E-state index is 5.58. The van der Waals surface area contributed by atoms with Crippen LogP contribution in [0.25, 0.3) is 0 Å². The van der Waals surface area contributed by atoms with Crippen molar-refractivity contribution in [2.45, 2.75) is 45.4 Å². The van der Waals surface area contributed by atoms with Crippen molar-refractivity contribution < 1.29 is 4.74 Å². The molecule has 0 spiro atoms. The number of unbranched alkanes of at least 4 members (excludes halogenated alkanes) is 5. The van der Waals surface area contributed by atoms with Crippen LogP contribution in [0.15, 0.2) is 18.3 Å².